The van der Waals surface area contributed by atoms with Crippen LogP contribution < -0.4 is 16.0 Å². The SMILES string of the molecule is CCCOc1ccc(C(NN)c2ccc(Cl)cc2Cl)cc1. The van der Waals surface area contributed by atoms with Gasteiger partial charge in [0.15, 0.2) is 0 Å². The molecule has 0 saturated heterocycles. The Morgan fingerprint density at radius 3 is 2.43 bits per heavy atom. The minimum atomic E-state index is -0.199. The first-order chi connectivity index (χ1) is 10.2. The number of nitrogens with two attached hydrogens (primary N) is 1. The molecule has 0 aliphatic rings. The summed E-state index contributed by atoms with van der Waals surface area (Å²) in [4.78, 5) is 0. The molecule has 0 radical (unpaired) electrons. The highest BCUT2D eigenvalue weighted by atomic mass is 35.5. The van der Waals surface area contributed by atoms with Crippen LogP contribution in [0.5, 0.6) is 5.75 Å². The normalized spacial score (nSPS) is 12.2. The number of hydrogen-bond acceptors (Lipinski definition) is 3. The van der Waals surface area contributed by atoms with Crippen LogP contribution in [0.1, 0.15) is 30.5 Å². The van der Waals surface area contributed by atoms with Crippen molar-refractivity contribution in [1.82, 2.24) is 5.43 Å². The van der Waals surface area contributed by atoms with Crippen molar-refractivity contribution in [3.63, 3.8) is 0 Å². The van der Waals surface area contributed by atoms with Gasteiger partial charge in [-0.05, 0) is 41.8 Å². The molecule has 0 heterocycles. The second-order valence-corrected chi connectivity index (χ2v) is 5.53. The number of rotatable bonds is 6. The van der Waals surface area contributed by atoms with E-state index in [1.54, 1.807) is 12.1 Å². The van der Waals surface area contributed by atoms with Gasteiger partial charge in [0, 0.05) is 10.0 Å². The summed E-state index contributed by atoms with van der Waals surface area (Å²) < 4.78 is 5.57. The molecule has 0 fully saturated rings. The highest BCUT2D eigenvalue weighted by Gasteiger charge is 2.15. The lowest BCUT2D eigenvalue weighted by molar-refractivity contribution is 0.317. The molecular weight excluding hydrogens is 307 g/mol. The summed E-state index contributed by atoms with van der Waals surface area (Å²) in [5, 5.41) is 1.18. The van der Waals surface area contributed by atoms with Crippen LogP contribution in [-0.4, -0.2) is 6.61 Å². The summed E-state index contributed by atoms with van der Waals surface area (Å²) in [5.74, 6) is 6.54. The van der Waals surface area contributed by atoms with E-state index in [2.05, 4.69) is 12.3 Å². The van der Waals surface area contributed by atoms with Crippen LogP contribution in [0.4, 0.5) is 0 Å². The van der Waals surface area contributed by atoms with E-state index >= 15 is 0 Å². The average Bonchev–Trinajstić information content (AvgIpc) is 2.49. The Balaban J connectivity index is 2.24. The first kappa shape index (κ1) is 16.1. The molecule has 112 valence electrons. The maximum atomic E-state index is 6.25. The lowest BCUT2D eigenvalue weighted by atomic mass is 9.99. The van der Waals surface area contributed by atoms with Gasteiger partial charge < -0.3 is 4.74 Å². The van der Waals surface area contributed by atoms with Gasteiger partial charge in [-0.3, -0.25) is 5.84 Å². The first-order valence-corrected chi connectivity index (χ1v) is 7.55. The zero-order valence-corrected chi connectivity index (χ0v) is 13.3. The predicted octanol–water partition coefficient (Wildman–Crippen LogP) is 4.33. The summed E-state index contributed by atoms with van der Waals surface area (Å²) in [7, 11) is 0. The van der Waals surface area contributed by atoms with Crippen LogP contribution in [0.25, 0.3) is 0 Å². The lowest BCUT2D eigenvalue weighted by Gasteiger charge is -2.19. The quantitative estimate of drug-likeness (QED) is 0.614. The molecule has 0 aliphatic carbocycles. The molecule has 1 unspecified atom stereocenters. The number of hydrazine groups is 1. The second-order valence-electron chi connectivity index (χ2n) is 4.68. The van der Waals surface area contributed by atoms with Crippen LogP contribution >= 0.6 is 23.2 Å². The summed E-state index contributed by atoms with van der Waals surface area (Å²) in [6, 6.07) is 13.0. The van der Waals surface area contributed by atoms with Crippen LogP contribution in [-0.2, 0) is 0 Å². The molecule has 2 aromatic rings. The zero-order valence-electron chi connectivity index (χ0n) is 11.8. The molecule has 0 aromatic heterocycles. The number of halogens is 2. The van der Waals surface area contributed by atoms with Crippen molar-refractivity contribution in [2.75, 3.05) is 6.61 Å². The van der Waals surface area contributed by atoms with Gasteiger partial charge in [-0.2, -0.15) is 0 Å². The smallest absolute Gasteiger partial charge is 0.119 e. The van der Waals surface area contributed by atoms with Crippen molar-refractivity contribution in [2.45, 2.75) is 19.4 Å². The molecular formula is C16H18Cl2N2O. The fourth-order valence-corrected chi connectivity index (χ4v) is 2.60. The van der Waals surface area contributed by atoms with E-state index in [0.717, 1.165) is 23.3 Å². The Hall–Kier alpha value is -1.26. The molecule has 0 aliphatic heterocycles. The molecule has 3 nitrogen and oxygen atoms in total. The van der Waals surface area contributed by atoms with Crippen molar-refractivity contribution >= 4 is 23.2 Å². The van der Waals surface area contributed by atoms with Crippen LogP contribution in [0, 0.1) is 0 Å². The van der Waals surface area contributed by atoms with Gasteiger partial charge in [0.25, 0.3) is 0 Å². The van der Waals surface area contributed by atoms with Gasteiger partial charge in [0.1, 0.15) is 5.75 Å². The van der Waals surface area contributed by atoms with Crippen LogP contribution in [0.2, 0.25) is 10.0 Å². The van der Waals surface area contributed by atoms with Crippen molar-refractivity contribution < 1.29 is 4.74 Å². The van der Waals surface area contributed by atoms with Crippen molar-refractivity contribution in [3.05, 3.63) is 63.6 Å². The molecule has 2 rings (SSSR count). The standard InChI is InChI=1S/C16H18Cl2N2O/c1-2-9-21-13-6-3-11(4-7-13)16(20-19)14-8-5-12(17)10-15(14)18/h3-8,10,16,20H,2,9,19H2,1H3. The van der Waals surface area contributed by atoms with E-state index in [4.69, 9.17) is 33.8 Å². The molecule has 2 aromatic carbocycles. The van der Waals surface area contributed by atoms with Crippen LogP contribution in [0.15, 0.2) is 42.5 Å². The van der Waals surface area contributed by atoms with E-state index in [0.29, 0.717) is 16.7 Å². The van der Waals surface area contributed by atoms with E-state index in [9.17, 15) is 0 Å². The molecule has 21 heavy (non-hydrogen) atoms. The van der Waals surface area contributed by atoms with Gasteiger partial charge >= 0.3 is 0 Å². The third-order valence-corrected chi connectivity index (χ3v) is 3.69. The lowest BCUT2D eigenvalue weighted by Crippen LogP contribution is -2.29. The van der Waals surface area contributed by atoms with Crippen molar-refractivity contribution in [2.24, 2.45) is 5.84 Å². The largest absolute Gasteiger partial charge is 0.494 e. The van der Waals surface area contributed by atoms with Gasteiger partial charge in [-0.1, -0.05) is 48.3 Å². The number of hydrogen-bond donors (Lipinski definition) is 2. The molecule has 0 amide bonds. The second kappa shape index (κ2) is 7.66. The van der Waals surface area contributed by atoms with Gasteiger partial charge in [-0.25, -0.2) is 5.43 Å². The molecule has 0 bridgehead atoms. The molecule has 1 atom stereocenters. The number of benzene rings is 2. The Bertz CT molecular complexity index is 587. The van der Waals surface area contributed by atoms with E-state index in [1.807, 2.05) is 30.3 Å². The van der Waals surface area contributed by atoms with Crippen molar-refractivity contribution in [3.8, 4) is 5.75 Å². The third kappa shape index (κ3) is 4.11. The Labute approximate surface area is 135 Å². The number of nitrogens with one attached hydrogen (secondary N) is 1. The van der Waals surface area contributed by atoms with E-state index in [-0.39, 0.29) is 6.04 Å². The van der Waals surface area contributed by atoms with Crippen LogP contribution in [0.3, 0.4) is 0 Å². The summed E-state index contributed by atoms with van der Waals surface area (Å²) in [6.07, 6.45) is 0.981. The summed E-state index contributed by atoms with van der Waals surface area (Å²) >= 11 is 12.2. The number of ether oxygens (including phenoxy) is 1. The minimum Gasteiger partial charge on any atom is -0.494 e. The maximum absolute atomic E-state index is 6.25. The van der Waals surface area contributed by atoms with Gasteiger partial charge in [-0.15, -0.1) is 0 Å². The average molecular weight is 325 g/mol. The topological polar surface area (TPSA) is 47.3 Å². The molecule has 3 N–H and O–H groups in total. The highest BCUT2D eigenvalue weighted by molar-refractivity contribution is 6.35. The van der Waals surface area contributed by atoms with E-state index < -0.39 is 0 Å². The third-order valence-electron chi connectivity index (χ3n) is 3.13. The fraction of sp³-hybridized carbons (Fsp3) is 0.250. The molecule has 5 heteroatoms. The first-order valence-electron chi connectivity index (χ1n) is 6.79. The highest BCUT2D eigenvalue weighted by Crippen LogP contribution is 2.30. The van der Waals surface area contributed by atoms with Crippen molar-refractivity contribution in [1.29, 1.82) is 0 Å². The zero-order chi connectivity index (χ0) is 15.2. The molecule has 0 saturated carbocycles. The van der Waals surface area contributed by atoms with E-state index in [1.165, 1.54) is 0 Å². The Kier molecular flexibility index (Phi) is 5.88. The monoisotopic (exact) mass is 324 g/mol. The van der Waals surface area contributed by atoms with Gasteiger partial charge in [0.2, 0.25) is 0 Å². The maximum Gasteiger partial charge on any atom is 0.119 e. The minimum absolute atomic E-state index is 0.199. The predicted molar refractivity (Wildman–Crippen MR) is 87.9 cm³/mol. The fourth-order valence-electron chi connectivity index (χ4n) is 2.08. The molecule has 0 spiro atoms. The van der Waals surface area contributed by atoms with Gasteiger partial charge in [0.05, 0.1) is 12.6 Å². The summed E-state index contributed by atoms with van der Waals surface area (Å²) in [5.41, 5.74) is 4.67. The Morgan fingerprint density at radius 1 is 1.14 bits per heavy atom. The Morgan fingerprint density at radius 2 is 1.86 bits per heavy atom. The summed E-state index contributed by atoms with van der Waals surface area (Å²) in [6.45, 7) is 2.78.